The molecule has 0 aromatic carbocycles. The Labute approximate surface area is 97.7 Å². The van der Waals surface area contributed by atoms with Crippen molar-refractivity contribution in [3.63, 3.8) is 0 Å². The number of anilines is 2. The maximum Gasteiger partial charge on any atom is 0.134 e. The van der Waals surface area contributed by atoms with E-state index in [4.69, 9.17) is 5.73 Å². The summed E-state index contributed by atoms with van der Waals surface area (Å²) in [6.45, 7) is 9.66. The second-order valence-electron chi connectivity index (χ2n) is 4.54. The maximum atomic E-state index is 5.81. The fraction of sp³-hybridized carbons (Fsp3) is 0.667. The highest BCUT2D eigenvalue weighted by Crippen LogP contribution is 2.18. The standard InChI is InChI=1S/C12H22N4/c1-5-10-11(13)15-7-16-12(10)14-6-9(4)8(2)3/h7-9H,5-6H2,1-4H3,(H3,13,14,15,16). The number of rotatable bonds is 5. The molecule has 0 aliphatic carbocycles. The molecule has 0 spiro atoms. The van der Waals surface area contributed by atoms with Crippen molar-refractivity contribution < 1.29 is 0 Å². The predicted molar refractivity (Wildman–Crippen MR) is 68.3 cm³/mol. The lowest BCUT2D eigenvalue weighted by molar-refractivity contribution is 0.439. The number of hydrogen-bond donors (Lipinski definition) is 2. The van der Waals surface area contributed by atoms with Gasteiger partial charge in [-0.2, -0.15) is 0 Å². The summed E-state index contributed by atoms with van der Waals surface area (Å²) in [4.78, 5) is 8.24. The molecular weight excluding hydrogens is 200 g/mol. The quantitative estimate of drug-likeness (QED) is 0.802. The Bertz CT molecular complexity index is 336. The zero-order chi connectivity index (χ0) is 12.1. The maximum absolute atomic E-state index is 5.81. The third-order valence-electron chi connectivity index (χ3n) is 3.06. The van der Waals surface area contributed by atoms with E-state index in [0.29, 0.717) is 17.7 Å². The van der Waals surface area contributed by atoms with Gasteiger partial charge in [-0.3, -0.25) is 0 Å². The number of nitrogens with two attached hydrogens (primary N) is 1. The van der Waals surface area contributed by atoms with Crippen molar-refractivity contribution in [2.24, 2.45) is 11.8 Å². The zero-order valence-corrected chi connectivity index (χ0v) is 10.6. The minimum absolute atomic E-state index is 0.581. The minimum Gasteiger partial charge on any atom is -0.383 e. The molecule has 0 saturated carbocycles. The second-order valence-corrected chi connectivity index (χ2v) is 4.54. The Balaban J connectivity index is 2.70. The molecule has 1 aromatic rings. The highest BCUT2D eigenvalue weighted by atomic mass is 15.0. The molecule has 90 valence electrons. The molecule has 4 nitrogen and oxygen atoms in total. The van der Waals surface area contributed by atoms with Crippen molar-refractivity contribution in [2.45, 2.75) is 34.1 Å². The van der Waals surface area contributed by atoms with Gasteiger partial charge in [0.15, 0.2) is 0 Å². The van der Waals surface area contributed by atoms with Gasteiger partial charge in [0.05, 0.1) is 0 Å². The van der Waals surface area contributed by atoms with Crippen LogP contribution in [0.1, 0.15) is 33.3 Å². The summed E-state index contributed by atoms with van der Waals surface area (Å²) in [6.07, 6.45) is 2.36. The molecule has 0 aliphatic heterocycles. The highest BCUT2D eigenvalue weighted by Gasteiger charge is 2.10. The van der Waals surface area contributed by atoms with Crippen LogP contribution in [-0.2, 0) is 6.42 Å². The van der Waals surface area contributed by atoms with Crippen LogP contribution in [0.4, 0.5) is 11.6 Å². The lowest BCUT2D eigenvalue weighted by Gasteiger charge is -2.18. The van der Waals surface area contributed by atoms with Crippen LogP contribution in [0, 0.1) is 11.8 Å². The summed E-state index contributed by atoms with van der Waals surface area (Å²) in [7, 11) is 0. The average molecular weight is 222 g/mol. The van der Waals surface area contributed by atoms with Gasteiger partial charge in [-0.05, 0) is 18.3 Å². The summed E-state index contributed by atoms with van der Waals surface area (Å²) >= 11 is 0. The molecule has 1 atom stereocenters. The van der Waals surface area contributed by atoms with Crippen LogP contribution in [-0.4, -0.2) is 16.5 Å². The first kappa shape index (κ1) is 12.7. The summed E-state index contributed by atoms with van der Waals surface area (Å²) in [5, 5.41) is 3.36. The molecule has 1 aromatic heterocycles. The molecule has 3 N–H and O–H groups in total. The molecule has 0 radical (unpaired) electrons. The number of nitrogens with zero attached hydrogens (tertiary/aromatic N) is 2. The Morgan fingerprint density at radius 3 is 2.56 bits per heavy atom. The molecule has 0 bridgehead atoms. The highest BCUT2D eigenvalue weighted by molar-refractivity contribution is 5.54. The summed E-state index contributed by atoms with van der Waals surface area (Å²) in [5.41, 5.74) is 6.82. The van der Waals surface area contributed by atoms with Crippen LogP contribution in [0.2, 0.25) is 0 Å². The molecule has 0 aliphatic rings. The van der Waals surface area contributed by atoms with Gasteiger partial charge in [0.1, 0.15) is 18.0 Å². The van der Waals surface area contributed by atoms with E-state index in [9.17, 15) is 0 Å². The minimum atomic E-state index is 0.581. The lowest BCUT2D eigenvalue weighted by atomic mass is 9.98. The van der Waals surface area contributed by atoms with Gasteiger partial charge >= 0.3 is 0 Å². The summed E-state index contributed by atoms with van der Waals surface area (Å²) < 4.78 is 0. The van der Waals surface area contributed by atoms with E-state index in [1.807, 2.05) is 0 Å². The van der Waals surface area contributed by atoms with Gasteiger partial charge in [-0.15, -0.1) is 0 Å². The van der Waals surface area contributed by atoms with Crippen molar-refractivity contribution in [1.82, 2.24) is 9.97 Å². The van der Waals surface area contributed by atoms with E-state index in [2.05, 4.69) is 43.0 Å². The Hall–Kier alpha value is -1.32. The van der Waals surface area contributed by atoms with E-state index in [1.165, 1.54) is 6.33 Å². The smallest absolute Gasteiger partial charge is 0.134 e. The van der Waals surface area contributed by atoms with E-state index in [-0.39, 0.29) is 0 Å². The van der Waals surface area contributed by atoms with Gasteiger partial charge < -0.3 is 11.1 Å². The normalized spacial score (nSPS) is 12.8. The number of aromatic nitrogens is 2. The van der Waals surface area contributed by atoms with Gasteiger partial charge in [0, 0.05) is 12.1 Å². The Kier molecular flexibility index (Phi) is 4.52. The summed E-state index contributed by atoms with van der Waals surface area (Å²) in [5.74, 6) is 2.73. The first-order valence-corrected chi connectivity index (χ1v) is 5.89. The average Bonchev–Trinajstić information content (AvgIpc) is 2.25. The molecule has 0 amide bonds. The molecule has 16 heavy (non-hydrogen) atoms. The van der Waals surface area contributed by atoms with Gasteiger partial charge in [-0.1, -0.05) is 27.7 Å². The molecule has 1 unspecified atom stereocenters. The van der Waals surface area contributed by atoms with E-state index >= 15 is 0 Å². The van der Waals surface area contributed by atoms with Gasteiger partial charge in [0.25, 0.3) is 0 Å². The van der Waals surface area contributed by atoms with Gasteiger partial charge in [0.2, 0.25) is 0 Å². The first-order chi connectivity index (χ1) is 7.56. The van der Waals surface area contributed by atoms with Crippen molar-refractivity contribution in [2.75, 3.05) is 17.6 Å². The fourth-order valence-electron chi connectivity index (χ4n) is 1.42. The molecule has 1 heterocycles. The zero-order valence-electron chi connectivity index (χ0n) is 10.6. The van der Waals surface area contributed by atoms with Crippen LogP contribution >= 0.6 is 0 Å². The molecular formula is C12H22N4. The second kappa shape index (κ2) is 5.68. The monoisotopic (exact) mass is 222 g/mol. The lowest BCUT2D eigenvalue weighted by Crippen LogP contribution is -2.18. The first-order valence-electron chi connectivity index (χ1n) is 5.89. The van der Waals surface area contributed by atoms with Crippen LogP contribution in [0.5, 0.6) is 0 Å². The number of nitrogens with one attached hydrogen (secondary N) is 1. The van der Waals surface area contributed by atoms with Crippen molar-refractivity contribution in [3.05, 3.63) is 11.9 Å². The molecule has 1 rings (SSSR count). The Morgan fingerprint density at radius 1 is 1.31 bits per heavy atom. The molecule has 0 fully saturated rings. The van der Waals surface area contributed by atoms with Crippen molar-refractivity contribution >= 4 is 11.6 Å². The van der Waals surface area contributed by atoms with E-state index in [0.717, 1.165) is 24.3 Å². The van der Waals surface area contributed by atoms with Crippen LogP contribution in [0.3, 0.4) is 0 Å². The predicted octanol–water partition coefficient (Wildman–Crippen LogP) is 2.33. The topological polar surface area (TPSA) is 63.8 Å². The van der Waals surface area contributed by atoms with E-state index < -0.39 is 0 Å². The van der Waals surface area contributed by atoms with Crippen molar-refractivity contribution in [1.29, 1.82) is 0 Å². The van der Waals surface area contributed by atoms with Crippen LogP contribution in [0.15, 0.2) is 6.33 Å². The van der Waals surface area contributed by atoms with Crippen molar-refractivity contribution in [3.8, 4) is 0 Å². The Morgan fingerprint density at radius 2 is 2.00 bits per heavy atom. The van der Waals surface area contributed by atoms with E-state index in [1.54, 1.807) is 0 Å². The fourth-order valence-corrected chi connectivity index (χ4v) is 1.42. The SMILES string of the molecule is CCc1c(N)ncnc1NCC(C)C(C)C. The third kappa shape index (κ3) is 3.08. The van der Waals surface area contributed by atoms with Crippen LogP contribution in [0.25, 0.3) is 0 Å². The number of nitrogen functional groups attached to an aromatic ring is 1. The van der Waals surface area contributed by atoms with Crippen LogP contribution < -0.4 is 11.1 Å². The summed E-state index contributed by atoms with van der Waals surface area (Å²) in [6, 6.07) is 0. The third-order valence-corrected chi connectivity index (χ3v) is 3.06. The van der Waals surface area contributed by atoms with Gasteiger partial charge in [-0.25, -0.2) is 9.97 Å². The largest absolute Gasteiger partial charge is 0.383 e. The molecule has 0 saturated heterocycles. The molecule has 4 heteroatoms. The number of hydrogen-bond acceptors (Lipinski definition) is 4.